The highest BCUT2D eigenvalue weighted by Gasteiger charge is 2.29. The highest BCUT2D eigenvalue weighted by molar-refractivity contribution is 5.98. The summed E-state index contributed by atoms with van der Waals surface area (Å²) in [5, 5.41) is 0. The number of ether oxygens (including phenoxy) is 3. The van der Waals surface area contributed by atoms with Gasteiger partial charge in [0.15, 0.2) is 11.5 Å². The Labute approximate surface area is 131 Å². The second kappa shape index (κ2) is 6.87. The highest BCUT2D eigenvalue weighted by Crippen LogP contribution is 2.35. The van der Waals surface area contributed by atoms with Gasteiger partial charge in [-0.3, -0.25) is 4.79 Å². The molecule has 1 heterocycles. The van der Waals surface area contributed by atoms with E-state index in [1.54, 1.807) is 26.4 Å². The maximum absolute atomic E-state index is 12.8. The van der Waals surface area contributed by atoms with Gasteiger partial charge in [0.1, 0.15) is 5.75 Å². The van der Waals surface area contributed by atoms with Gasteiger partial charge in [0, 0.05) is 31.3 Å². The third-order valence-electron chi connectivity index (χ3n) is 4.19. The van der Waals surface area contributed by atoms with E-state index in [1.165, 1.54) is 7.11 Å². The zero-order valence-electron chi connectivity index (χ0n) is 13.6. The van der Waals surface area contributed by atoms with Crippen molar-refractivity contribution in [2.45, 2.75) is 19.4 Å². The molecule has 1 fully saturated rings. The van der Waals surface area contributed by atoms with Gasteiger partial charge >= 0.3 is 0 Å². The van der Waals surface area contributed by atoms with Gasteiger partial charge in [-0.05, 0) is 12.3 Å². The smallest absolute Gasteiger partial charge is 0.257 e. The van der Waals surface area contributed by atoms with Crippen molar-refractivity contribution in [3.05, 3.63) is 17.7 Å². The molecule has 6 heteroatoms. The summed E-state index contributed by atoms with van der Waals surface area (Å²) in [6, 6.07) is 3.49. The first kappa shape index (κ1) is 16.4. The number of nitrogens with zero attached hydrogens (tertiary/aromatic N) is 1. The topological polar surface area (TPSA) is 74.0 Å². The average molecular weight is 308 g/mol. The number of piperidine rings is 1. The summed E-state index contributed by atoms with van der Waals surface area (Å²) in [6.45, 7) is 3.37. The minimum absolute atomic E-state index is 0.0726. The van der Waals surface area contributed by atoms with Gasteiger partial charge in [-0.25, -0.2) is 0 Å². The Morgan fingerprint density at radius 1 is 1.14 bits per heavy atom. The number of nitrogens with two attached hydrogens (primary N) is 1. The van der Waals surface area contributed by atoms with Gasteiger partial charge in [0.2, 0.25) is 0 Å². The molecule has 0 spiro atoms. The fourth-order valence-corrected chi connectivity index (χ4v) is 2.71. The first-order valence-corrected chi connectivity index (χ1v) is 7.36. The third-order valence-corrected chi connectivity index (χ3v) is 4.19. The van der Waals surface area contributed by atoms with Crippen molar-refractivity contribution in [1.29, 1.82) is 0 Å². The molecule has 122 valence electrons. The number of rotatable bonds is 4. The molecule has 2 atom stereocenters. The summed E-state index contributed by atoms with van der Waals surface area (Å²) in [5.41, 5.74) is 6.49. The van der Waals surface area contributed by atoms with E-state index in [1.807, 2.05) is 4.90 Å². The summed E-state index contributed by atoms with van der Waals surface area (Å²) in [7, 11) is 4.62. The number of carbonyl (C=O) groups is 1. The van der Waals surface area contributed by atoms with Crippen LogP contribution >= 0.6 is 0 Å². The maximum Gasteiger partial charge on any atom is 0.257 e. The number of hydrogen-bond acceptors (Lipinski definition) is 5. The van der Waals surface area contributed by atoms with Crippen LogP contribution in [0.5, 0.6) is 17.2 Å². The average Bonchev–Trinajstić information content (AvgIpc) is 2.55. The zero-order chi connectivity index (χ0) is 16.3. The number of amides is 1. The van der Waals surface area contributed by atoms with Gasteiger partial charge < -0.3 is 24.8 Å². The lowest BCUT2D eigenvalue weighted by Gasteiger charge is -2.35. The number of hydrogen-bond donors (Lipinski definition) is 1. The van der Waals surface area contributed by atoms with Crippen molar-refractivity contribution in [1.82, 2.24) is 4.90 Å². The summed E-state index contributed by atoms with van der Waals surface area (Å²) >= 11 is 0. The Hall–Kier alpha value is -1.95. The summed E-state index contributed by atoms with van der Waals surface area (Å²) in [6.07, 6.45) is 0.808. The molecule has 1 amide bonds. The molecular formula is C16H24N2O4. The lowest BCUT2D eigenvalue weighted by Crippen LogP contribution is -2.48. The van der Waals surface area contributed by atoms with Gasteiger partial charge in [-0.1, -0.05) is 6.92 Å². The first-order chi connectivity index (χ1) is 10.5. The van der Waals surface area contributed by atoms with Crippen LogP contribution in [-0.4, -0.2) is 51.3 Å². The molecular weight excluding hydrogens is 284 g/mol. The quantitative estimate of drug-likeness (QED) is 0.913. The van der Waals surface area contributed by atoms with Crippen molar-refractivity contribution < 1.29 is 19.0 Å². The molecule has 1 saturated heterocycles. The lowest BCUT2D eigenvalue weighted by atomic mass is 9.94. The van der Waals surface area contributed by atoms with Crippen LogP contribution in [0.25, 0.3) is 0 Å². The van der Waals surface area contributed by atoms with Crippen molar-refractivity contribution in [3.8, 4) is 17.2 Å². The van der Waals surface area contributed by atoms with Crippen LogP contribution < -0.4 is 19.9 Å². The van der Waals surface area contributed by atoms with E-state index >= 15 is 0 Å². The van der Waals surface area contributed by atoms with Crippen LogP contribution in [0.4, 0.5) is 0 Å². The van der Waals surface area contributed by atoms with E-state index < -0.39 is 0 Å². The van der Waals surface area contributed by atoms with Crippen LogP contribution in [0.2, 0.25) is 0 Å². The molecule has 0 aliphatic carbocycles. The van der Waals surface area contributed by atoms with Crippen LogP contribution in [0.1, 0.15) is 23.7 Å². The minimum Gasteiger partial charge on any atom is -0.496 e. The SMILES string of the molecule is COc1cc(OC)c(C(=O)N2CCC(N)C(C)C2)cc1OC. The Balaban J connectivity index is 2.32. The van der Waals surface area contributed by atoms with Gasteiger partial charge in [0.05, 0.1) is 26.9 Å². The fourth-order valence-electron chi connectivity index (χ4n) is 2.71. The molecule has 1 aromatic carbocycles. The van der Waals surface area contributed by atoms with Gasteiger partial charge in [0.25, 0.3) is 5.91 Å². The minimum atomic E-state index is -0.0726. The molecule has 0 radical (unpaired) electrons. The predicted molar refractivity (Wildman–Crippen MR) is 83.8 cm³/mol. The summed E-state index contributed by atoms with van der Waals surface area (Å²) in [5.74, 6) is 1.73. The normalized spacial score (nSPS) is 21.4. The molecule has 22 heavy (non-hydrogen) atoms. The van der Waals surface area contributed by atoms with Crippen LogP contribution in [-0.2, 0) is 0 Å². The molecule has 2 rings (SSSR count). The van der Waals surface area contributed by atoms with E-state index in [9.17, 15) is 4.79 Å². The van der Waals surface area contributed by atoms with E-state index in [4.69, 9.17) is 19.9 Å². The monoisotopic (exact) mass is 308 g/mol. The van der Waals surface area contributed by atoms with Crippen molar-refractivity contribution >= 4 is 5.91 Å². The van der Waals surface area contributed by atoms with E-state index in [0.29, 0.717) is 35.9 Å². The molecule has 0 aromatic heterocycles. The predicted octanol–water partition coefficient (Wildman–Crippen LogP) is 1.52. The Bertz CT molecular complexity index is 547. The first-order valence-electron chi connectivity index (χ1n) is 7.36. The number of carbonyl (C=O) groups excluding carboxylic acids is 1. The third kappa shape index (κ3) is 3.11. The number of benzene rings is 1. The summed E-state index contributed by atoms with van der Waals surface area (Å²) < 4.78 is 15.9. The Kier molecular flexibility index (Phi) is 5.13. The van der Waals surface area contributed by atoms with Gasteiger partial charge in [-0.2, -0.15) is 0 Å². The number of methoxy groups -OCH3 is 3. The molecule has 2 N–H and O–H groups in total. The van der Waals surface area contributed by atoms with E-state index in [0.717, 1.165) is 6.42 Å². The summed E-state index contributed by atoms with van der Waals surface area (Å²) in [4.78, 5) is 14.6. The molecule has 6 nitrogen and oxygen atoms in total. The fraction of sp³-hybridized carbons (Fsp3) is 0.562. The van der Waals surface area contributed by atoms with Gasteiger partial charge in [-0.15, -0.1) is 0 Å². The van der Waals surface area contributed by atoms with Crippen LogP contribution in [0.15, 0.2) is 12.1 Å². The maximum atomic E-state index is 12.8. The molecule has 2 unspecified atom stereocenters. The highest BCUT2D eigenvalue weighted by atomic mass is 16.5. The van der Waals surface area contributed by atoms with Crippen molar-refractivity contribution in [2.75, 3.05) is 34.4 Å². The Morgan fingerprint density at radius 2 is 1.73 bits per heavy atom. The molecule has 1 aliphatic rings. The standard InChI is InChI=1S/C16H24N2O4/c1-10-9-18(6-5-12(10)17)16(19)11-7-14(21-3)15(22-4)8-13(11)20-2/h7-8,10,12H,5-6,9,17H2,1-4H3. The van der Waals surface area contributed by atoms with E-state index in [-0.39, 0.29) is 17.9 Å². The molecule has 1 aromatic rings. The van der Waals surface area contributed by atoms with Crippen molar-refractivity contribution in [2.24, 2.45) is 11.7 Å². The molecule has 0 bridgehead atoms. The number of likely N-dealkylation sites (tertiary alicyclic amines) is 1. The van der Waals surface area contributed by atoms with Crippen LogP contribution in [0, 0.1) is 5.92 Å². The zero-order valence-corrected chi connectivity index (χ0v) is 13.6. The lowest BCUT2D eigenvalue weighted by molar-refractivity contribution is 0.0660. The second-order valence-corrected chi connectivity index (χ2v) is 5.59. The van der Waals surface area contributed by atoms with Crippen LogP contribution in [0.3, 0.4) is 0 Å². The molecule has 0 saturated carbocycles. The van der Waals surface area contributed by atoms with E-state index in [2.05, 4.69) is 6.92 Å². The molecule has 1 aliphatic heterocycles. The van der Waals surface area contributed by atoms with Crippen molar-refractivity contribution in [3.63, 3.8) is 0 Å². The second-order valence-electron chi connectivity index (χ2n) is 5.59. The largest absolute Gasteiger partial charge is 0.496 e. The Morgan fingerprint density at radius 3 is 2.27 bits per heavy atom.